The fraction of sp³-hybridized carbons (Fsp3) is 0.455. The third kappa shape index (κ3) is 3.51. The number of methoxy groups -OCH3 is 1. The van der Waals surface area contributed by atoms with Gasteiger partial charge < -0.3 is 20.7 Å². The van der Waals surface area contributed by atoms with Gasteiger partial charge in [-0.05, 0) is 6.07 Å². The molecule has 0 aliphatic rings. The molecule has 0 fully saturated rings. The highest BCUT2D eigenvalue weighted by molar-refractivity contribution is 5.76. The van der Waals surface area contributed by atoms with Crippen LogP contribution in [0.15, 0.2) is 12.1 Å². The summed E-state index contributed by atoms with van der Waals surface area (Å²) in [5, 5.41) is 2.57. The van der Waals surface area contributed by atoms with E-state index in [9.17, 15) is 4.79 Å². The Kier molecular flexibility index (Phi) is 4.56. The average Bonchev–Trinajstić information content (AvgIpc) is 2.36. The number of nitrogens with zero attached hydrogens (tertiary/aromatic N) is 2. The highest BCUT2D eigenvalue weighted by Gasteiger charge is 2.10. The fourth-order valence-corrected chi connectivity index (χ4v) is 1.36. The molecule has 3 N–H and O–H groups in total. The van der Waals surface area contributed by atoms with E-state index < -0.39 is 0 Å². The van der Waals surface area contributed by atoms with Crippen molar-refractivity contribution >= 4 is 17.4 Å². The maximum atomic E-state index is 11.1. The van der Waals surface area contributed by atoms with E-state index in [0.717, 1.165) is 0 Å². The summed E-state index contributed by atoms with van der Waals surface area (Å²) < 4.78 is 5.03. The van der Waals surface area contributed by atoms with Crippen molar-refractivity contribution in [3.63, 3.8) is 0 Å². The van der Waals surface area contributed by atoms with E-state index in [4.69, 9.17) is 10.5 Å². The highest BCUT2D eigenvalue weighted by atomic mass is 16.5. The van der Waals surface area contributed by atoms with Crippen molar-refractivity contribution in [2.24, 2.45) is 0 Å². The van der Waals surface area contributed by atoms with Gasteiger partial charge in [0.2, 0.25) is 11.8 Å². The number of rotatable bonds is 5. The quantitative estimate of drug-likeness (QED) is 0.768. The molecule has 0 bridgehead atoms. The highest BCUT2D eigenvalue weighted by Crippen LogP contribution is 2.22. The Balaban J connectivity index is 2.73. The van der Waals surface area contributed by atoms with E-state index in [1.165, 1.54) is 0 Å². The molecule has 0 radical (unpaired) electrons. The van der Waals surface area contributed by atoms with Crippen molar-refractivity contribution in [1.82, 2.24) is 10.3 Å². The number of pyridine rings is 1. The third-order valence-electron chi connectivity index (χ3n) is 2.40. The van der Waals surface area contributed by atoms with Gasteiger partial charge in [0.15, 0.2) is 5.82 Å². The maximum absolute atomic E-state index is 11.1. The molecule has 0 spiro atoms. The molecule has 0 aliphatic carbocycles. The molecule has 0 saturated carbocycles. The molecule has 1 aromatic heterocycles. The normalized spacial score (nSPS) is 9.82. The van der Waals surface area contributed by atoms with E-state index in [1.807, 2.05) is 11.9 Å². The van der Waals surface area contributed by atoms with Gasteiger partial charge in [-0.3, -0.25) is 4.79 Å². The summed E-state index contributed by atoms with van der Waals surface area (Å²) in [6.45, 7) is 0.546. The number of ether oxygens (including phenoxy) is 1. The van der Waals surface area contributed by atoms with Gasteiger partial charge in [0.25, 0.3) is 0 Å². The van der Waals surface area contributed by atoms with Crippen molar-refractivity contribution in [2.45, 2.75) is 6.42 Å². The van der Waals surface area contributed by atoms with Gasteiger partial charge in [0.1, 0.15) is 0 Å². The van der Waals surface area contributed by atoms with Crippen LogP contribution in [0.5, 0.6) is 5.88 Å². The Hall–Kier alpha value is -1.98. The lowest BCUT2D eigenvalue weighted by Crippen LogP contribution is -2.27. The van der Waals surface area contributed by atoms with Crippen LogP contribution in [0.4, 0.5) is 11.5 Å². The third-order valence-corrected chi connectivity index (χ3v) is 2.40. The van der Waals surface area contributed by atoms with Crippen LogP contribution in [0.2, 0.25) is 0 Å². The van der Waals surface area contributed by atoms with E-state index in [-0.39, 0.29) is 5.91 Å². The summed E-state index contributed by atoms with van der Waals surface area (Å²) >= 11 is 0. The maximum Gasteiger partial charge on any atom is 0.221 e. The number of anilines is 2. The molecule has 17 heavy (non-hydrogen) atoms. The van der Waals surface area contributed by atoms with Gasteiger partial charge >= 0.3 is 0 Å². The Labute approximate surface area is 101 Å². The smallest absolute Gasteiger partial charge is 0.221 e. The molecule has 94 valence electrons. The van der Waals surface area contributed by atoms with Crippen LogP contribution in [0.3, 0.4) is 0 Å². The van der Waals surface area contributed by atoms with Gasteiger partial charge in [-0.15, -0.1) is 0 Å². The molecule has 1 heterocycles. The second-order valence-corrected chi connectivity index (χ2v) is 3.61. The SMILES string of the molecule is CNC(=O)CCN(C)c1nc(OC)ccc1N. The number of carbonyl (C=O) groups is 1. The lowest BCUT2D eigenvalue weighted by molar-refractivity contribution is -0.120. The van der Waals surface area contributed by atoms with E-state index in [1.54, 1.807) is 26.3 Å². The summed E-state index contributed by atoms with van der Waals surface area (Å²) in [6, 6.07) is 3.43. The molecule has 6 nitrogen and oxygen atoms in total. The Bertz CT molecular complexity index is 395. The summed E-state index contributed by atoms with van der Waals surface area (Å²) in [6.07, 6.45) is 0.394. The molecule has 0 atom stereocenters. The van der Waals surface area contributed by atoms with Gasteiger partial charge in [0, 0.05) is 33.1 Å². The van der Waals surface area contributed by atoms with Crippen molar-refractivity contribution < 1.29 is 9.53 Å². The molecule has 0 aromatic carbocycles. The van der Waals surface area contributed by atoms with Gasteiger partial charge in [0.05, 0.1) is 12.8 Å². The topological polar surface area (TPSA) is 80.5 Å². The molecular formula is C11H18N4O2. The van der Waals surface area contributed by atoms with Crippen molar-refractivity contribution in [3.8, 4) is 5.88 Å². The van der Waals surface area contributed by atoms with Gasteiger partial charge in [-0.1, -0.05) is 0 Å². The Morgan fingerprint density at radius 2 is 2.29 bits per heavy atom. The molecule has 0 unspecified atom stereocenters. The van der Waals surface area contributed by atoms with Crippen LogP contribution < -0.4 is 20.7 Å². The summed E-state index contributed by atoms with van der Waals surface area (Å²) in [5.74, 6) is 1.10. The molecule has 6 heteroatoms. The first-order valence-corrected chi connectivity index (χ1v) is 5.30. The summed E-state index contributed by atoms with van der Waals surface area (Å²) in [7, 11) is 4.99. The largest absolute Gasteiger partial charge is 0.481 e. The minimum atomic E-state index is -0.0154. The van der Waals surface area contributed by atoms with Gasteiger partial charge in [-0.25, -0.2) is 0 Å². The zero-order valence-corrected chi connectivity index (χ0v) is 10.4. The molecule has 1 aromatic rings. The zero-order valence-electron chi connectivity index (χ0n) is 10.4. The predicted molar refractivity (Wildman–Crippen MR) is 67.2 cm³/mol. The molecule has 0 saturated heterocycles. The number of amides is 1. The van der Waals surface area contributed by atoms with Gasteiger partial charge in [-0.2, -0.15) is 4.98 Å². The van der Waals surface area contributed by atoms with E-state index >= 15 is 0 Å². The number of nitrogens with one attached hydrogen (secondary N) is 1. The van der Waals surface area contributed by atoms with Crippen LogP contribution in [-0.2, 0) is 4.79 Å². The van der Waals surface area contributed by atoms with Crippen molar-refractivity contribution in [3.05, 3.63) is 12.1 Å². The summed E-state index contributed by atoms with van der Waals surface area (Å²) in [4.78, 5) is 17.2. The molecular weight excluding hydrogens is 220 g/mol. The zero-order chi connectivity index (χ0) is 12.8. The fourth-order valence-electron chi connectivity index (χ4n) is 1.36. The first-order chi connectivity index (χ1) is 8.08. The lowest BCUT2D eigenvalue weighted by atomic mass is 10.3. The number of nitrogen functional groups attached to an aromatic ring is 1. The molecule has 0 aliphatic heterocycles. The average molecular weight is 238 g/mol. The minimum absolute atomic E-state index is 0.0154. The van der Waals surface area contributed by atoms with E-state index in [2.05, 4.69) is 10.3 Å². The second-order valence-electron chi connectivity index (χ2n) is 3.61. The predicted octanol–water partition coefficient (Wildman–Crippen LogP) is 0.245. The number of hydrogen-bond acceptors (Lipinski definition) is 5. The first-order valence-electron chi connectivity index (χ1n) is 5.30. The summed E-state index contributed by atoms with van der Waals surface area (Å²) in [5.41, 5.74) is 6.38. The molecule has 1 rings (SSSR count). The van der Waals surface area contributed by atoms with Crippen LogP contribution in [0, 0.1) is 0 Å². The van der Waals surface area contributed by atoms with Crippen LogP contribution in [0.1, 0.15) is 6.42 Å². The van der Waals surface area contributed by atoms with Crippen LogP contribution in [-0.4, -0.2) is 38.6 Å². The number of hydrogen-bond donors (Lipinski definition) is 2. The minimum Gasteiger partial charge on any atom is -0.481 e. The Morgan fingerprint density at radius 1 is 1.59 bits per heavy atom. The van der Waals surface area contributed by atoms with Crippen molar-refractivity contribution in [2.75, 3.05) is 38.4 Å². The van der Waals surface area contributed by atoms with Crippen LogP contribution in [0.25, 0.3) is 0 Å². The number of carbonyl (C=O) groups excluding carboxylic acids is 1. The number of aromatic nitrogens is 1. The standard InChI is InChI=1S/C11H18N4O2/c1-13-9(16)6-7-15(2)11-8(12)4-5-10(14-11)17-3/h4-5H,6-7,12H2,1-3H3,(H,13,16). The first kappa shape index (κ1) is 13.1. The van der Waals surface area contributed by atoms with Crippen LogP contribution >= 0.6 is 0 Å². The van der Waals surface area contributed by atoms with Crippen molar-refractivity contribution in [1.29, 1.82) is 0 Å². The molecule has 1 amide bonds. The number of nitrogens with two attached hydrogens (primary N) is 1. The monoisotopic (exact) mass is 238 g/mol. The second kappa shape index (κ2) is 5.93. The Morgan fingerprint density at radius 3 is 2.88 bits per heavy atom. The lowest BCUT2D eigenvalue weighted by Gasteiger charge is -2.19. The van der Waals surface area contributed by atoms with E-state index in [0.29, 0.717) is 30.4 Å².